The van der Waals surface area contributed by atoms with Crippen LogP contribution in [-0.2, 0) is 14.3 Å². The molecule has 0 aliphatic rings. The summed E-state index contributed by atoms with van der Waals surface area (Å²) in [5.41, 5.74) is 2.57. The molecule has 6 heteroatoms. The fraction of sp³-hybridized carbons (Fsp3) is 0.318. The standard InChI is InChI=1S/C22H24N2O4/c1-4-15(2)21(22(26)27-3)24-20(25)14-28-19-11-9-18(10-12-19)17-7-5-16(13-23)6-8-17/h5-12,15,21H,4,14H2,1-3H3,(H,24,25)/t15-,21-/m0/s1. The van der Waals surface area contributed by atoms with E-state index >= 15 is 0 Å². The fourth-order valence-electron chi connectivity index (χ4n) is 2.64. The van der Waals surface area contributed by atoms with Crippen LogP contribution in [0.4, 0.5) is 0 Å². The molecule has 0 spiro atoms. The van der Waals surface area contributed by atoms with Crippen molar-refractivity contribution in [3.05, 3.63) is 54.1 Å². The van der Waals surface area contributed by atoms with Crippen LogP contribution in [0, 0.1) is 17.2 Å². The predicted molar refractivity (Wildman–Crippen MR) is 105 cm³/mol. The highest BCUT2D eigenvalue weighted by atomic mass is 16.5. The lowest BCUT2D eigenvalue weighted by Crippen LogP contribution is -2.47. The minimum Gasteiger partial charge on any atom is -0.484 e. The summed E-state index contributed by atoms with van der Waals surface area (Å²) < 4.78 is 10.3. The Morgan fingerprint density at radius 1 is 1.07 bits per heavy atom. The number of rotatable bonds is 8. The van der Waals surface area contributed by atoms with Gasteiger partial charge in [-0.1, -0.05) is 44.5 Å². The Bertz CT molecular complexity index is 838. The zero-order chi connectivity index (χ0) is 20.5. The third kappa shape index (κ3) is 5.58. The molecule has 0 aliphatic carbocycles. The van der Waals surface area contributed by atoms with Crippen LogP contribution in [0.2, 0.25) is 0 Å². The molecule has 0 saturated heterocycles. The van der Waals surface area contributed by atoms with E-state index < -0.39 is 12.0 Å². The van der Waals surface area contributed by atoms with E-state index in [2.05, 4.69) is 11.4 Å². The largest absolute Gasteiger partial charge is 0.484 e. The first-order chi connectivity index (χ1) is 13.5. The van der Waals surface area contributed by atoms with Gasteiger partial charge in [-0.2, -0.15) is 5.26 Å². The Hall–Kier alpha value is -3.33. The van der Waals surface area contributed by atoms with Gasteiger partial charge in [0, 0.05) is 0 Å². The van der Waals surface area contributed by atoms with Crippen LogP contribution in [-0.4, -0.2) is 31.6 Å². The van der Waals surface area contributed by atoms with Crippen molar-refractivity contribution < 1.29 is 19.1 Å². The smallest absolute Gasteiger partial charge is 0.328 e. The number of nitriles is 1. The number of amides is 1. The van der Waals surface area contributed by atoms with Crippen molar-refractivity contribution in [1.82, 2.24) is 5.32 Å². The number of carbonyl (C=O) groups excluding carboxylic acids is 2. The SMILES string of the molecule is CC[C@H](C)[C@H](NC(=O)COc1ccc(-c2ccc(C#N)cc2)cc1)C(=O)OC. The van der Waals surface area contributed by atoms with Crippen LogP contribution in [0.25, 0.3) is 11.1 Å². The number of carbonyl (C=O) groups is 2. The number of nitrogens with zero attached hydrogens (tertiary/aromatic N) is 1. The third-order valence-electron chi connectivity index (χ3n) is 4.56. The topological polar surface area (TPSA) is 88.4 Å². The molecule has 0 aliphatic heterocycles. The zero-order valence-corrected chi connectivity index (χ0v) is 16.3. The van der Waals surface area contributed by atoms with E-state index in [9.17, 15) is 9.59 Å². The van der Waals surface area contributed by atoms with E-state index in [0.717, 1.165) is 17.5 Å². The van der Waals surface area contributed by atoms with Crippen molar-refractivity contribution >= 4 is 11.9 Å². The second kappa shape index (κ2) is 10.1. The van der Waals surface area contributed by atoms with E-state index in [0.29, 0.717) is 11.3 Å². The molecule has 2 aromatic carbocycles. The molecule has 2 rings (SSSR count). The first-order valence-electron chi connectivity index (χ1n) is 9.09. The second-order valence-electron chi connectivity index (χ2n) is 6.46. The summed E-state index contributed by atoms with van der Waals surface area (Å²) in [6.07, 6.45) is 0.734. The van der Waals surface area contributed by atoms with Crippen LogP contribution >= 0.6 is 0 Å². The minimum absolute atomic E-state index is 0.0388. The Labute approximate surface area is 165 Å². The van der Waals surface area contributed by atoms with Crippen molar-refractivity contribution in [3.63, 3.8) is 0 Å². The third-order valence-corrected chi connectivity index (χ3v) is 4.56. The fourth-order valence-corrected chi connectivity index (χ4v) is 2.64. The molecular weight excluding hydrogens is 356 g/mol. The molecule has 146 valence electrons. The monoisotopic (exact) mass is 380 g/mol. The number of methoxy groups -OCH3 is 1. The summed E-state index contributed by atoms with van der Waals surface area (Å²) in [4.78, 5) is 24.0. The van der Waals surface area contributed by atoms with E-state index in [-0.39, 0.29) is 18.4 Å². The Balaban J connectivity index is 1.94. The summed E-state index contributed by atoms with van der Waals surface area (Å²) in [5.74, 6) is -0.338. The maximum atomic E-state index is 12.1. The lowest BCUT2D eigenvalue weighted by molar-refractivity contribution is -0.146. The van der Waals surface area contributed by atoms with Gasteiger partial charge in [-0.25, -0.2) is 4.79 Å². The van der Waals surface area contributed by atoms with Gasteiger partial charge in [0.1, 0.15) is 11.8 Å². The number of ether oxygens (including phenoxy) is 2. The maximum absolute atomic E-state index is 12.1. The molecule has 0 bridgehead atoms. The number of hydrogen-bond acceptors (Lipinski definition) is 5. The van der Waals surface area contributed by atoms with Gasteiger partial charge in [-0.3, -0.25) is 4.79 Å². The van der Waals surface area contributed by atoms with E-state index in [4.69, 9.17) is 14.7 Å². The lowest BCUT2D eigenvalue weighted by Gasteiger charge is -2.21. The normalized spacial score (nSPS) is 12.4. The summed E-state index contributed by atoms with van der Waals surface area (Å²) >= 11 is 0. The highest BCUT2D eigenvalue weighted by Crippen LogP contribution is 2.22. The van der Waals surface area contributed by atoms with Gasteiger partial charge < -0.3 is 14.8 Å². The molecule has 2 aromatic rings. The number of hydrogen-bond donors (Lipinski definition) is 1. The van der Waals surface area contributed by atoms with E-state index in [1.165, 1.54) is 7.11 Å². The van der Waals surface area contributed by atoms with Crippen LogP contribution in [0.5, 0.6) is 5.75 Å². The van der Waals surface area contributed by atoms with Crippen LogP contribution in [0.15, 0.2) is 48.5 Å². The number of benzene rings is 2. The first-order valence-corrected chi connectivity index (χ1v) is 9.09. The van der Waals surface area contributed by atoms with Gasteiger partial charge in [0.25, 0.3) is 5.91 Å². The Kier molecular flexibility index (Phi) is 7.58. The van der Waals surface area contributed by atoms with Crippen molar-refractivity contribution in [3.8, 4) is 22.9 Å². The number of nitrogens with one attached hydrogen (secondary N) is 1. The highest BCUT2D eigenvalue weighted by molar-refractivity contribution is 5.85. The summed E-state index contributed by atoms with van der Waals surface area (Å²) in [7, 11) is 1.30. The molecule has 6 nitrogen and oxygen atoms in total. The molecule has 2 atom stereocenters. The van der Waals surface area contributed by atoms with Crippen LogP contribution < -0.4 is 10.1 Å². The highest BCUT2D eigenvalue weighted by Gasteiger charge is 2.26. The van der Waals surface area contributed by atoms with Gasteiger partial charge >= 0.3 is 5.97 Å². The first kappa shape index (κ1) is 21.0. The molecule has 28 heavy (non-hydrogen) atoms. The van der Waals surface area contributed by atoms with Gasteiger partial charge in [0.05, 0.1) is 18.7 Å². The summed E-state index contributed by atoms with van der Waals surface area (Å²) in [6, 6.07) is 16.0. The zero-order valence-electron chi connectivity index (χ0n) is 16.3. The van der Waals surface area contributed by atoms with Crippen molar-refractivity contribution in [2.24, 2.45) is 5.92 Å². The quantitative estimate of drug-likeness (QED) is 0.710. The molecule has 0 aromatic heterocycles. The molecule has 0 heterocycles. The minimum atomic E-state index is -0.690. The van der Waals surface area contributed by atoms with Crippen molar-refractivity contribution in [2.45, 2.75) is 26.3 Å². The maximum Gasteiger partial charge on any atom is 0.328 e. The van der Waals surface area contributed by atoms with Crippen molar-refractivity contribution in [1.29, 1.82) is 5.26 Å². The van der Waals surface area contributed by atoms with E-state index in [1.54, 1.807) is 24.3 Å². The van der Waals surface area contributed by atoms with Gasteiger partial charge in [-0.15, -0.1) is 0 Å². The molecule has 0 fully saturated rings. The van der Waals surface area contributed by atoms with Crippen LogP contribution in [0.3, 0.4) is 0 Å². The van der Waals surface area contributed by atoms with Gasteiger partial charge in [0.15, 0.2) is 6.61 Å². The summed E-state index contributed by atoms with van der Waals surface area (Å²) in [5, 5.41) is 11.5. The molecule has 1 amide bonds. The lowest BCUT2D eigenvalue weighted by atomic mass is 9.99. The number of esters is 1. The average Bonchev–Trinajstić information content (AvgIpc) is 2.75. The van der Waals surface area contributed by atoms with E-state index in [1.807, 2.05) is 38.1 Å². The van der Waals surface area contributed by atoms with Gasteiger partial charge in [-0.05, 0) is 41.3 Å². The Morgan fingerprint density at radius 3 is 2.14 bits per heavy atom. The van der Waals surface area contributed by atoms with Crippen LogP contribution in [0.1, 0.15) is 25.8 Å². The second-order valence-corrected chi connectivity index (χ2v) is 6.46. The predicted octanol–water partition coefficient (Wildman–Crippen LogP) is 3.31. The molecule has 1 N–H and O–H groups in total. The Morgan fingerprint density at radius 2 is 1.64 bits per heavy atom. The molecule has 0 saturated carbocycles. The van der Waals surface area contributed by atoms with Gasteiger partial charge in [0.2, 0.25) is 0 Å². The molecular formula is C22H24N2O4. The molecule has 0 unspecified atom stereocenters. The molecule has 0 radical (unpaired) electrons. The van der Waals surface area contributed by atoms with Crippen molar-refractivity contribution in [2.75, 3.05) is 13.7 Å². The average molecular weight is 380 g/mol. The summed E-state index contributed by atoms with van der Waals surface area (Å²) in [6.45, 7) is 3.63.